The first-order valence-electron chi connectivity index (χ1n) is 5.02. The number of rotatable bonds is 3. The second-order valence-electron chi connectivity index (χ2n) is 3.52. The molecule has 0 radical (unpaired) electrons. The molecule has 1 unspecified atom stereocenters. The van der Waals surface area contributed by atoms with Crippen LogP contribution in [0.4, 0.5) is 4.39 Å². The van der Waals surface area contributed by atoms with Crippen LogP contribution in [0, 0.1) is 5.82 Å². The Morgan fingerprint density at radius 2 is 1.94 bits per heavy atom. The van der Waals surface area contributed by atoms with Crippen molar-refractivity contribution < 1.29 is 9.18 Å². The zero-order valence-corrected chi connectivity index (χ0v) is 9.56. The number of halogens is 2. The lowest BCUT2D eigenvalue weighted by Crippen LogP contribution is -2.07. The van der Waals surface area contributed by atoms with Crippen LogP contribution in [0.15, 0.2) is 48.8 Å². The number of Topliss-reactive ketones (excluding diaryl/α,β-unsaturated/α-hetero) is 1. The molecule has 17 heavy (non-hydrogen) atoms. The van der Waals surface area contributed by atoms with Crippen molar-refractivity contribution in [1.29, 1.82) is 0 Å². The third-order valence-electron chi connectivity index (χ3n) is 2.34. The van der Waals surface area contributed by atoms with E-state index in [0.717, 1.165) is 0 Å². The Balaban J connectivity index is 2.23. The molecule has 0 saturated carbocycles. The molecule has 0 N–H and O–H groups in total. The van der Waals surface area contributed by atoms with Crippen LogP contribution in [-0.4, -0.2) is 10.8 Å². The zero-order chi connectivity index (χ0) is 12.3. The smallest absolute Gasteiger partial charge is 0.186 e. The van der Waals surface area contributed by atoms with Gasteiger partial charge in [-0.15, -0.1) is 11.6 Å². The Morgan fingerprint density at radius 3 is 2.53 bits per heavy atom. The van der Waals surface area contributed by atoms with E-state index in [1.54, 1.807) is 18.3 Å². The normalized spacial score (nSPS) is 12.1. The number of ketones is 1. The molecule has 86 valence electrons. The fraction of sp³-hybridized carbons (Fsp3) is 0.0769. The summed E-state index contributed by atoms with van der Waals surface area (Å²) in [5.41, 5.74) is 1.01. The van der Waals surface area contributed by atoms with Gasteiger partial charge < -0.3 is 0 Å². The maximum absolute atomic E-state index is 12.7. The largest absolute Gasteiger partial charge is 0.292 e. The molecule has 0 saturated heterocycles. The summed E-state index contributed by atoms with van der Waals surface area (Å²) in [5, 5.41) is -0.820. The average Bonchev–Trinajstić information content (AvgIpc) is 2.39. The predicted octanol–water partition coefficient (Wildman–Crippen LogP) is 3.38. The summed E-state index contributed by atoms with van der Waals surface area (Å²) < 4.78 is 12.7. The minimum atomic E-state index is -0.820. The number of hydrogen-bond acceptors (Lipinski definition) is 2. The van der Waals surface area contributed by atoms with Crippen LogP contribution in [0.1, 0.15) is 21.3 Å². The molecule has 0 aliphatic carbocycles. The van der Waals surface area contributed by atoms with E-state index >= 15 is 0 Å². The summed E-state index contributed by atoms with van der Waals surface area (Å²) in [4.78, 5) is 15.8. The lowest BCUT2D eigenvalue weighted by atomic mass is 10.0. The second kappa shape index (κ2) is 5.06. The highest BCUT2D eigenvalue weighted by Crippen LogP contribution is 2.24. The van der Waals surface area contributed by atoms with E-state index in [0.29, 0.717) is 11.1 Å². The van der Waals surface area contributed by atoms with Gasteiger partial charge in [-0.25, -0.2) is 4.39 Å². The van der Waals surface area contributed by atoms with Gasteiger partial charge in [-0.05, 0) is 29.8 Å². The molecule has 0 amide bonds. The Hall–Kier alpha value is -1.74. The van der Waals surface area contributed by atoms with Crippen molar-refractivity contribution in [2.75, 3.05) is 0 Å². The predicted molar refractivity (Wildman–Crippen MR) is 63.6 cm³/mol. The molecule has 2 nitrogen and oxygen atoms in total. The van der Waals surface area contributed by atoms with Crippen molar-refractivity contribution in [3.8, 4) is 0 Å². The van der Waals surface area contributed by atoms with E-state index in [2.05, 4.69) is 4.98 Å². The van der Waals surface area contributed by atoms with E-state index in [9.17, 15) is 9.18 Å². The van der Waals surface area contributed by atoms with Crippen molar-refractivity contribution in [3.63, 3.8) is 0 Å². The quantitative estimate of drug-likeness (QED) is 0.617. The standard InChI is InChI=1S/C13H9ClFNO/c14-12(9-3-5-11(15)6-4-9)13(17)10-2-1-7-16-8-10/h1-8,12H. The molecule has 2 rings (SSSR count). The molecule has 1 aromatic heterocycles. The molecule has 0 fully saturated rings. The molecule has 1 heterocycles. The Bertz CT molecular complexity index is 513. The Labute approximate surface area is 103 Å². The van der Waals surface area contributed by atoms with Crippen molar-refractivity contribution in [2.45, 2.75) is 5.38 Å². The number of pyridine rings is 1. The maximum Gasteiger partial charge on any atom is 0.186 e. The highest BCUT2D eigenvalue weighted by molar-refractivity contribution is 6.33. The van der Waals surface area contributed by atoms with Crippen molar-refractivity contribution >= 4 is 17.4 Å². The lowest BCUT2D eigenvalue weighted by molar-refractivity contribution is 0.0986. The number of alkyl halides is 1. The van der Waals surface area contributed by atoms with Gasteiger partial charge in [0.15, 0.2) is 5.78 Å². The van der Waals surface area contributed by atoms with Gasteiger partial charge in [-0.3, -0.25) is 9.78 Å². The molecule has 4 heteroatoms. The van der Waals surface area contributed by atoms with Gasteiger partial charge in [0.2, 0.25) is 0 Å². The van der Waals surface area contributed by atoms with Gasteiger partial charge >= 0.3 is 0 Å². The number of aromatic nitrogens is 1. The lowest BCUT2D eigenvalue weighted by Gasteiger charge is -2.08. The Kier molecular flexibility index (Phi) is 3.49. The van der Waals surface area contributed by atoms with Crippen LogP contribution in [0.3, 0.4) is 0 Å². The summed E-state index contributed by atoms with van der Waals surface area (Å²) >= 11 is 6.04. The van der Waals surface area contributed by atoms with E-state index in [1.807, 2.05) is 0 Å². The maximum atomic E-state index is 12.7. The molecule has 0 aliphatic rings. The average molecular weight is 250 g/mol. The molecular weight excluding hydrogens is 241 g/mol. The summed E-state index contributed by atoms with van der Waals surface area (Å²) in [6.07, 6.45) is 3.04. The summed E-state index contributed by atoms with van der Waals surface area (Å²) in [5.74, 6) is -0.599. The van der Waals surface area contributed by atoms with E-state index in [1.165, 1.54) is 30.5 Å². The van der Waals surface area contributed by atoms with Gasteiger partial charge in [0.05, 0.1) is 0 Å². The van der Waals surface area contributed by atoms with Crippen molar-refractivity contribution in [1.82, 2.24) is 4.98 Å². The highest BCUT2D eigenvalue weighted by Gasteiger charge is 2.19. The number of carbonyl (C=O) groups is 1. The van der Waals surface area contributed by atoms with Gasteiger partial charge in [0, 0.05) is 18.0 Å². The first-order chi connectivity index (χ1) is 8.18. The summed E-state index contributed by atoms with van der Waals surface area (Å²) in [6, 6.07) is 8.88. The fourth-order valence-electron chi connectivity index (χ4n) is 1.44. The molecule has 1 atom stereocenters. The first kappa shape index (κ1) is 11.7. The Morgan fingerprint density at radius 1 is 1.24 bits per heavy atom. The molecule has 0 aliphatic heterocycles. The van der Waals surface area contributed by atoms with Gasteiger partial charge in [0.25, 0.3) is 0 Å². The molecular formula is C13H9ClFNO. The van der Waals surface area contributed by atoms with Crippen molar-refractivity contribution in [2.24, 2.45) is 0 Å². The van der Waals surface area contributed by atoms with E-state index < -0.39 is 5.38 Å². The highest BCUT2D eigenvalue weighted by atomic mass is 35.5. The first-order valence-corrected chi connectivity index (χ1v) is 5.46. The van der Waals surface area contributed by atoms with E-state index in [-0.39, 0.29) is 11.6 Å². The minimum Gasteiger partial charge on any atom is -0.292 e. The van der Waals surface area contributed by atoms with Gasteiger partial charge in [-0.1, -0.05) is 12.1 Å². The van der Waals surface area contributed by atoms with Crippen LogP contribution in [0.5, 0.6) is 0 Å². The number of nitrogens with zero attached hydrogens (tertiary/aromatic N) is 1. The summed E-state index contributed by atoms with van der Waals surface area (Å²) in [6.45, 7) is 0. The minimum absolute atomic E-state index is 0.244. The second-order valence-corrected chi connectivity index (χ2v) is 3.96. The third kappa shape index (κ3) is 2.68. The van der Waals surface area contributed by atoms with Crippen molar-refractivity contribution in [3.05, 3.63) is 65.7 Å². The number of carbonyl (C=O) groups excluding carboxylic acids is 1. The summed E-state index contributed by atoms with van der Waals surface area (Å²) in [7, 11) is 0. The third-order valence-corrected chi connectivity index (χ3v) is 2.79. The number of benzene rings is 1. The van der Waals surface area contributed by atoms with Crippen LogP contribution in [-0.2, 0) is 0 Å². The SMILES string of the molecule is O=C(c1cccnc1)C(Cl)c1ccc(F)cc1. The molecule has 2 aromatic rings. The molecule has 0 bridgehead atoms. The monoisotopic (exact) mass is 249 g/mol. The van der Waals surface area contributed by atoms with Crippen LogP contribution in [0.2, 0.25) is 0 Å². The molecule has 1 aromatic carbocycles. The van der Waals surface area contributed by atoms with Crippen LogP contribution < -0.4 is 0 Å². The van der Waals surface area contributed by atoms with E-state index in [4.69, 9.17) is 11.6 Å². The fourth-order valence-corrected chi connectivity index (χ4v) is 1.71. The van der Waals surface area contributed by atoms with Gasteiger partial charge in [0.1, 0.15) is 11.2 Å². The topological polar surface area (TPSA) is 30.0 Å². The molecule has 0 spiro atoms. The van der Waals surface area contributed by atoms with Crippen LogP contribution in [0.25, 0.3) is 0 Å². The van der Waals surface area contributed by atoms with Gasteiger partial charge in [-0.2, -0.15) is 0 Å². The number of hydrogen-bond donors (Lipinski definition) is 0. The zero-order valence-electron chi connectivity index (χ0n) is 8.81. The van der Waals surface area contributed by atoms with Crippen LogP contribution >= 0.6 is 11.6 Å².